The van der Waals surface area contributed by atoms with Gasteiger partial charge >= 0.3 is 0 Å². The van der Waals surface area contributed by atoms with E-state index in [1.165, 1.54) is 6.20 Å². The molecule has 2 N–H and O–H groups in total. The van der Waals surface area contributed by atoms with Gasteiger partial charge in [0.25, 0.3) is 0 Å². The number of pyridine rings is 1. The summed E-state index contributed by atoms with van der Waals surface area (Å²) in [5.41, 5.74) is 5.94. The van der Waals surface area contributed by atoms with Crippen LogP contribution in [-0.4, -0.2) is 4.98 Å². The molecule has 1 aromatic heterocycles. The number of anilines is 1. The van der Waals surface area contributed by atoms with Gasteiger partial charge in [0.2, 0.25) is 0 Å². The SMILES string of the molecule is CC.Nc1ccc(Cl)nc1. The Morgan fingerprint density at radius 3 is 2.30 bits per heavy atom. The first kappa shape index (κ1) is 9.24. The van der Waals surface area contributed by atoms with E-state index in [9.17, 15) is 0 Å². The molecule has 56 valence electrons. The van der Waals surface area contributed by atoms with Crippen molar-refractivity contribution in [2.75, 3.05) is 5.73 Å². The van der Waals surface area contributed by atoms with Gasteiger partial charge in [0.1, 0.15) is 5.15 Å². The molecule has 1 rings (SSSR count). The van der Waals surface area contributed by atoms with Gasteiger partial charge in [-0.05, 0) is 12.1 Å². The highest BCUT2D eigenvalue weighted by atomic mass is 35.5. The third-order valence-corrected chi connectivity index (χ3v) is 0.974. The number of nitrogens with two attached hydrogens (primary N) is 1. The van der Waals surface area contributed by atoms with Gasteiger partial charge in [-0.15, -0.1) is 0 Å². The molecule has 0 aliphatic carbocycles. The predicted molar refractivity (Wildman–Crippen MR) is 45.0 cm³/mol. The molecule has 0 saturated heterocycles. The fourth-order valence-corrected chi connectivity index (χ4v) is 0.499. The van der Waals surface area contributed by atoms with Crippen molar-refractivity contribution in [3.63, 3.8) is 0 Å². The van der Waals surface area contributed by atoms with E-state index >= 15 is 0 Å². The molecule has 3 heteroatoms. The van der Waals surface area contributed by atoms with Crippen molar-refractivity contribution in [2.45, 2.75) is 13.8 Å². The summed E-state index contributed by atoms with van der Waals surface area (Å²) in [6, 6.07) is 3.35. The number of nitrogen functional groups attached to an aromatic ring is 1. The zero-order valence-electron chi connectivity index (χ0n) is 6.13. The van der Waals surface area contributed by atoms with Crippen LogP contribution in [0.5, 0.6) is 0 Å². The van der Waals surface area contributed by atoms with Crippen LogP contribution >= 0.6 is 11.6 Å². The Morgan fingerprint density at radius 1 is 1.40 bits per heavy atom. The maximum absolute atomic E-state index is 5.44. The molecule has 10 heavy (non-hydrogen) atoms. The van der Waals surface area contributed by atoms with E-state index in [4.69, 9.17) is 17.3 Å². The molecule has 0 saturated carbocycles. The summed E-state index contributed by atoms with van der Waals surface area (Å²) >= 11 is 5.44. The van der Waals surface area contributed by atoms with Gasteiger partial charge in [-0.1, -0.05) is 25.4 Å². The Hall–Kier alpha value is -0.760. The molecule has 1 aromatic rings. The summed E-state index contributed by atoms with van der Waals surface area (Å²) < 4.78 is 0. The lowest BCUT2D eigenvalue weighted by Crippen LogP contribution is -1.83. The number of rotatable bonds is 0. The van der Waals surface area contributed by atoms with Crippen molar-refractivity contribution < 1.29 is 0 Å². The second-order valence-electron chi connectivity index (χ2n) is 1.41. The lowest BCUT2D eigenvalue weighted by Gasteiger charge is -1.87. The Bertz CT molecular complexity index is 150. The summed E-state index contributed by atoms with van der Waals surface area (Å²) in [7, 11) is 0. The van der Waals surface area contributed by atoms with Crippen LogP contribution in [0.25, 0.3) is 0 Å². The zero-order valence-corrected chi connectivity index (χ0v) is 6.89. The number of aromatic nitrogens is 1. The molecule has 0 spiro atoms. The quantitative estimate of drug-likeness (QED) is 0.589. The Balaban J connectivity index is 0.000000371. The van der Waals surface area contributed by atoms with Crippen molar-refractivity contribution >= 4 is 17.3 Å². The third kappa shape index (κ3) is 3.30. The fourth-order valence-electron chi connectivity index (χ4n) is 0.387. The molecule has 0 fully saturated rings. The number of hydrogen-bond donors (Lipinski definition) is 1. The van der Waals surface area contributed by atoms with E-state index in [0.29, 0.717) is 10.8 Å². The predicted octanol–water partition coefficient (Wildman–Crippen LogP) is 2.34. The molecule has 0 aliphatic rings. The van der Waals surface area contributed by atoms with Gasteiger partial charge < -0.3 is 5.73 Å². The monoisotopic (exact) mass is 158 g/mol. The highest BCUT2D eigenvalue weighted by Gasteiger charge is 1.83. The fraction of sp³-hybridized carbons (Fsp3) is 0.286. The standard InChI is InChI=1S/C5H5ClN2.C2H6/c6-5-2-1-4(7)3-8-5;1-2/h1-3H,7H2;1-2H3. The Labute approximate surface area is 66.0 Å². The van der Waals surface area contributed by atoms with Crippen LogP contribution in [0.15, 0.2) is 18.3 Å². The highest BCUT2D eigenvalue weighted by Crippen LogP contribution is 2.04. The van der Waals surface area contributed by atoms with Gasteiger partial charge in [-0.2, -0.15) is 0 Å². The van der Waals surface area contributed by atoms with Crippen LogP contribution in [0.4, 0.5) is 5.69 Å². The minimum absolute atomic E-state index is 0.471. The van der Waals surface area contributed by atoms with E-state index in [0.717, 1.165) is 0 Å². The van der Waals surface area contributed by atoms with Crippen LogP contribution in [0.1, 0.15) is 13.8 Å². The second-order valence-corrected chi connectivity index (χ2v) is 1.80. The maximum Gasteiger partial charge on any atom is 0.129 e. The average molecular weight is 159 g/mol. The molecule has 0 aliphatic heterocycles. The maximum atomic E-state index is 5.44. The first-order chi connectivity index (χ1) is 4.79. The molecule has 2 nitrogen and oxygen atoms in total. The van der Waals surface area contributed by atoms with Crippen LogP contribution in [0, 0.1) is 0 Å². The summed E-state index contributed by atoms with van der Waals surface area (Å²) in [6.07, 6.45) is 1.52. The first-order valence-electron chi connectivity index (χ1n) is 3.16. The van der Waals surface area contributed by atoms with E-state index in [1.54, 1.807) is 12.1 Å². The van der Waals surface area contributed by atoms with Crippen molar-refractivity contribution in [2.24, 2.45) is 0 Å². The van der Waals surface area contributed by atoms with Gasteiger partial charge in [0.05, 0.1) is 11.9 Å². The lowest BCUT2D eigenvalue weighted by molar-refractivity contribution is 1.33. The van der Waals surface area contributed by atoms with Crippen LogP contribution in [0.3, 0.4) is 0 Å². The normalized spacial score (nSPS) is 7.90. The molecular formula is C7H11ClN2. The van der Waals surface area contributed by atoms with Crippen molar-refractivity contribution in [1.29, 1.82) is 0 Å². The van der Waals surface area contributed by atoms with E-state index in [-0.39, 0.29) is 0 Å². The van der Waals surface area contributed by atoms with E-state index in [1.807, 2.05) is 13.8 Å². The van der Waals surface area contributed by atoms with Crippen LogP contribution in [0.2, 0.25) is 5.15 Å². The Kier molecular flexibility index (Phi) is 4.67. The molecule has 0 amide bonds. The summed E-state index contributed by atoms with van der Waals surface area (Å²) in [5.74, 6) is 0. The molecule has 1 heterocycles. The topological polar surface area (TPSA) is 38.9 Å². The molecule has 0 aromatic carbocycles. The Morgan fingerprint density at radius 2 is 2.00 bits per heavy atom. The van der Waals surface area contributed by atoms with Crippen molar-refractivity contribution in [3.05, 3.63) is 23.5 Å². The number of halogens is 1. The molecule has 0 atom stereocenters. The first-order valence-corrected chi connectivity index (χ1v) is 3.54. The average Bonchev–Trinajstić information content (AvgIpc) is 2.00. The summed E-state index contributed by atoms with van der Waals surface area (Å²) in [5, 5.41) is 0.471. The van der Waals surface area contributed by atoms with E-state index < -0.39 is 0 Å². The van der Waals surface area contributed by atoms with Gasteiger partial charge in [0, 0.05) is 0 Å². The van der Waals surface area contributed by atoms with Crippen molar-refractivity contribution in [1.82, 2.24) is 4.98 Å². The molecule has 0 radical (unpaired) electrons. The van der Waals surface area contributed by atoms with E-state index in [2.05, 4.69) is 4.98 Å². The summed E-state index contributed by atoms with van der Waals surface area (Å²) in [6.45, 7) is 4.00. The lowest BCUT2D eigenvalue weighted by atomic mass is 10.4. The number of hydrogen-bond acceptors (Lipinski definition) is 2. The minimum atomic E-state index is 0.471. The smallest absolute Gasteiger partial charge is 0.129 e. The molecule has 0 bridgehead atoms. The molecular weight excluding hydrogens is 148 g/mol. The largest absolute Gasteiger partial charge is 0.397 e. The third-order valence-electron chi connectivity index (χ3n) is 0.750. The van der Waals surface area contributed by atoms with Gasteiger partial charge in [-0.3, -0.25) is 0 Å². The second kappa shape index (κ2) is 5.06. The zero-order chi connectivity index (χ0) is 7.98. The molecule has 0 unspecified atom stereocenters. The van der Waals surface area contributed by atoms with Crippen LogP contribution in [-0.2, 0) is 0 Å². The minimum Gasteiger partial charge on any atom is -0.397 e. The highest BCUT2D eigenvalue weighted by molar-refractivity contribution is 6.29. The van der Waals surface area contributed by atoms with Crippen molar-refractivity contribution in [3.8, 4) is 0 Å². The summed E-state index contributed by atoms with van der Waals surface area (Å²) in [4.78, 5) is 3.72. The van der Waals surface area contributed by atoms with Gasteiger partial charge in [-0.25, -0.2) is 4.98 Å². The number of nitrogens with zero attached hydrogens (tertiary/aromatic N) is 1. The van der Waals surface area contributed by atoms with Crippen LogP contribution < -0.4 is 5.73 Å². The van der Waals surface area contributed by atoms with Gasteiger partial charge in [0.15, 0.2) is 0 Å².